The Hall–Kier alpha value is -2.57. The van der Waals surface area contributed by atoms with Crippen LogP contribution in [-0.4, -0.2) is 44.9 Å². The lowest BCUT2D eigenvalue weighted by Gasteiger charge is -2.32. The third-order valence-corrected chi connectivity index (χ3v) is 6.34. The van der Waals surface area contributed by atoms with Gasteiger partial charge in [0.05, 0.1) is 0 Å². The lowest BCUT2D eigenvalue weighted by atomic mass is 10.0. The molecule has 0 aromatic heterocycles. The van der Waals surface area contributed by atoms with Gasteiger partial charge in [-0.25, -0.2) is 0 Å². The fraction of sp³-hybridized carbons (Fsp3) is 0.458. The molecule has 0 aliphatic carbocycles. The lowest BCUT2D eigenvalue weighted by molar-refractivity contribution is -1.02. The highest BCUT2D eigenvalue weighted by Gasteiger charge is 2.31. The average Bonchev–Trinajstić information content (AvgIpc) is 3.22. The number of carbonyl (C=O) groups is 1. The van der Waals surface area contributed by atoms with Crippen LogP contribution in [-0.2, 0) is 11.3 Å². The highest BCUT2D eigenvalue weighted by atomic mass is 16.7. The first-order valence-electron chi connectivity index (χ1n) is 11.0. The summed E-state index contributed by atoms with van der Waals surface area (Å²) in [6, 6.07) is 14.4. The number of ether oxygens (including phenoxy) is 2. The molecule has 0 bridgehead atoms. The molecule has 0 saturated carbocycles. The van der Waals surface area contributed by atoms with Crippen LogP contribution in [0.4, 0.5) is 5.69 Å². The van der Waals surface area contributed by atoms with Crippen molar-refractivity contribution < 1.29 is 24.1 Å². The summed E-state index contributed by atoms with van der Waals surface area (Å²) < 4.78 is 10.9. The largest absolute Gasteiger partial charge is 0.454 e. The normalized spacial score (nSPS) is 21.5. The molecule has 2 aliphatic rings. The van der Waals surface area contributed by atoms with Gasteiger partial charge >= 0.3 is 0 Å². The van der Waals surface area contributed by atoms with E-state index >= 15 is 0 Å². The standard InChI is InChI=1S/C24H31N3O3/c1-17(2)20-5-7-21(8-6-20)25-24(28)18(3)27-12-10-26(11-13-27)15-19-4-9-22-23(14-19)30-16-29-22/h4-9,14,17-18H,10-13,15-16H2,1-3H3,(H,25,28)/p+2/t18-/m0/s1. The molecule has 0 unspecified atom stereocenters. The minimum atomic E-state index is -0.0538. The van der Waals surface area contributed by atoms with E-state index in [9.17, 15) is 4.79 Å². The van der Waals surface area contributed by atoms with Gasteiger partial charge in [0.2, 0.25) is 6.79 Å². The first-order valence-corrected chi connectivity index (χ1v) is 11.0. The van der Waals surface area contributed by atoms with Crippen LogP contribution in [0.2, 0.25) is 0 Å². The molecular weight excluding hydrogens is 378 g/mol. The molecule has 2 aromatic carbocycles. The topological polar surface area (TPSA) is 56.4 Å². The van der Waals surface area contributed by atoms with Crippen molar-refractivity contribution in [2.75, 3.05) is 38.3 Å². The smallest absolute Gasteiger partial charge is 0.282 e. The second-order valence-electron chi connectivity index (χ2n) is 8.76. The molecule has 3 N–H and O–H groups in total. The minimum absolute atomic E-state index is 0.0538. The van der Waals surface area contributed by atoms with Crippen LogP contribution in [0.5, 0.6) is 11.5 Å². The van der Waals surface area contributed by atoms with Crippen molar-refractivity contribution in [1.29, 1.82) is 0 Å². The number of piperazine rings is 1. The van der Waals surface area contributed by atoms with E-state index in [0.29, 0.717) is 12.7 Å². The van der Waals surface area contributed by atoms with Gasteiger partial charge in [0.15, 0.2) is 17.5 Å². The SMILES string of the molecule is CC(C)c1ccc(NC(=O)[C@H](C)[NH+]2CC[NH+](Cc3ccc4c(c3)OCO4)CC2)cc1. The summed E-state index contributed by atoms with van der Waals surface area (Å²) in [6.07, 6.45) is 0. The number of hydrogen-bond donors (Lipinski definition) is 3. The van der Waals surface area contributed by atoms with Crippen LogP contribution in [0, 0.1) is 0 Å². The molecule has 4 rings (SSSR count). The van der Waals surface area contributed by atoms with Crippen LogP contribution in [0.15, 0.2) is 42.5 Å². The van der Waals surface area contributed by atoms with E-state index < -0.39 is 0 Å². The Bertz CT molecular complexity index is 874. The molecule has 0 radical (unpaired) electrons. The van der Waals surface area contributed by atoms with Crippen molar-refractivity contribution in [2.45, 2.75) is 39.3 Å². The van der Waals surface area contributed by atoms with E-state index in [4.69, 9.17) is 9.47 Å². The monoisotopic (exact) mass is 411 g/mol. The maximum Gasteiger partial charge on any atom is 0.282 e. The molecule has 2 heterocycles. The van der Waals surface area contributed by atoms with E-state index in [0.717, 1.165) is 49.9 Å². The van der Waals surface area contributed by atoms with Gasteiger partial charge in [-0.15, -0.1) is 0 Å². The Balaban J connectivity index is 1.26. The van der Waals surface area contributed by atoms with E-state index in [-0.39, 0.29) is 11.9 Å². The Kier molecular flexibility index (Phi) is 6.25. The number of fused-ring (bicyclic) bond motifs is 1. The summed E-state index contributed by atoms with van der Waals surface area (Å²) in [5.74, 6) is 2.28. The zero-order chi connectivity index (χ0) is 21.1. The summed E-state index contributed by atoms with van der Waals surface area (Å²) in [5.41, 5.74) is 3.43. The molecule has 1 atom stereocenters. The fourth-order valence-electron chi connectivity index (χ4n) is 4.26. The van der Waals surface area contributed by atoms with E-state index in [2.05, 4.69) is 43.4 Å². The summed E-state index contributed by atoms with van der Waals surface area (Å²) in [5, 5.41) is 3.09. The number of nitrogens with one attached hydrogen (secondary N) is 3. The summed E-state index contributed by atoms with van der Waals surface area (Å²) >= 11 is 0. The minimum Gasteiger partial charge on any atom is -0.454 e. The van der Waals surface area contributed by atoms with Crippen molar-refractivity contribution in [3.8, 4) is 11.5 Å². The van der Waals surface area contributed by atoms with E-state index in [1.54, 1.807) is 4.90 Å². The number of rotatable bonds is 6. The second kappa shape index (κ2) is 9.06. The van der Waals surface area contributed by atoms with E-state index in [1.165, 1.54) is 16.0 Å². The summed E-state index contributed by atoms with van der Waals surface area (Å²) in [4.78, 5) is 15.7. The van der Waals surface area contributed by atoms with Gasteiger partial charge < -0.3 is 24.6 Å². The van der Waals surface area contributed by atoms with Gasteiger partial charge in [-0.3, -0.25) is 4.79 Å². The zero-order valence-electron chi connectivity index (χ0n) is 18.2. The maximum absolute atomic E-state index is 12.7. The second-order valence-corrected chi connectivity index (χ2v) is 8.76. The highest BCUT2D eigenvalue weighted by molar-refractivity contribution is 5.93. The van der Waals surface area contributed by atoms with Crippen LogP contribution < -0.4 is 24.6 Å². The first-order chi connectivity index (χ1) is 14.5. The van der Waals surface area contributed by atoms with Crippen molar-refractivity contribution in [3.05, 3.63) is 53.6 Å². The Morgan fingerprint density at radius 1 is 0.967 bits per heavy atom. The van der Waals surface area contributed by atoms with Crippen LogP contribution in [0.1, 0.15) is 37.8 Å². The molecule has 6 nitrogen and oxygen atoms in total. The molecule has 30 heavy (non-hydrogen) atoms. The zero-order valence-corrected chi connectivity index (χ0v) is 18.2. The molecule has 1 saturated heterocycles. The van der Waals surface area contributed by atoms with Crippen molar-refractivity contribution in [2.24, 2.45) is 0 Å². The molecule has 1 fully saturated rings. The van der Waals surface area contributed by atoms with Crippen LogP contribution >= 0.6 is 0 Å². The molecule has 2 aromatic rings. The summed E-state index contributed by atoms with van der Waals surface area (Å²) in [6.45, 7) is 11.8. The molecule has 6 heteroatoms. The molecule has 160 valence electrons. The number of quaternary nitrogens is 2. The predicted molar refractivity (Wildman–Crippen MR) is 116 cm³/mol. The number of anilines is 1. The summed E-state index contributed by atoms with van der Waals surface area (Å²) in [7, 11) is 0. The molecule has 1 amide bonds. The Labute approximate surface area is 178 Å². The van der Waals surface area contributed by atoms with Crippen LogP contribution in [0.3, 0.4) is 0 Å². The van der Waals surface area contributed by atoms with Gasteiger partial charge in [-0.05, 0) is 48.7 Å². The Morgan fingerprint density at radius 2 is 1.67 bits per heavy atom. The van der Waals surface area contributed by atoms with Crippen molar-refractivity contribution in [3.63, 3.8) is 0 Å². The van der Waals surface area contributed by atoms with Gasteiger partial charge in [0.1, 0.15) is 32.7 Å². The van der Waals surface area contributed by atoms with E-state index in [1.807, 2.05) is 25.1 Å². The third kappa shape index (κ3) is 4.77. The van der Waals surface area contributed by atoms with Gasteiger partial charge in [-0.2, -0.15) is 0 Å². The quantitative estimate of drug-likeness (QED) is 0.661. The van der Waals surface area contributed by atoms with Crippen LogP contribution in [0.25, 0.3) is 0 Å². The average molecular weight is 412 g/mol. The Morgan fingerprint density at radius 3 is 2.37 bits per heavy atom. The maximum atomic E-state index is 12.7. The van der Waals surface area contributed by atoms with Crippen molar-refractivity contribution in [1.82, 2.24) is 0 Å². The fourth-order valence-corrected chi connectivity index (χ4v) is 4.26. The number of carbonyl (C=O) groups excluding carboxylic acids is 1. The number of hydrogen-bond acceptors (Lipinski definition) is 3. The molecule has 0 spiro atoms. The van der Waals surface area contributed by atoms with Gasteiger partial charge in [0.25, 0.3) is 5.91 Å². The molecule has 2 aliphatic heterocycles. The van der Waals surface area contributed by atoms with Gasteiger partial charge in [-0.1, -0.05) is 26.0 Å². The number of benzene rings is 2. The number of amides is 1. The first kappa shape index (κ1) is 20.7. The lowest BCUT2D eigenvalue weighted by Crippen LogP contribution is -3.29. The third-order valence-electron chi connectivity index (χ3n) is 6.34. The predicted octanol–water partition coefficient (Wildman–Crippen LogP) is 0.849. The molecular formula is C24H33N3O3+2. The van der Waals surface area contributed by atoms with Gasteiger partial charge in [0, 0.05) is 11.3 Å². The van der Waals surface area contributed by atoms with Crippen molar-refractivity contribution >= 4 is 11.6 Å². The highest BCUT2D eigenvalue weighted by Crippen LogP contribution is 2.32.